The Morgan fingerprint density at radius 1 is 1.06 bits per heavy atom. The molecule has 2 aliphatic rings. The van der Waals surface area contributed by atoms with Gasteiger partial charge in [0.05, 0.1) is 39.7 Å². The summed E-state index contributed by atoms with van der Waals surface area (Å²) in [5.74, 6) is -1.36. The van der Waals surface area contributed by atoms with E-state index < -0.39 is 24.4 Å². The van der Waals surface area contributed by atoms with Crippen LogP contribution in [0.2, 0.25) is 0 Å². The van der Waals surface area contributed by atoms with Crippen molar-refractivity contribution in [3.63, 3.8) is 0 Å². The number of aryl methyl sites for hydroxylation is 1. The lowest BCUT2D eigenvalue weighted by Gasteiger charge is -2.28. The molecule has 2 aliphatic carbocycles. The molecule has 1 unspecified atom stereocenters. The minimum Gasteiger partial charge on any atom is -0.358 e. The topological polar surface area (TPSA) is 45.9 Å². The van der Waals surface area contributed by atoms with Crippen molar-refractivity contribution in [2.24, 2.45) is 5.92 Å². The molecular weight excluding hydrogens is 478 g/mol. The lowest BCUT2D eigenvalue weighted by atomic mass is 9.82. The number of nitriles is 1. The highest BCUT2D eigenvalue weighted by Crippen LogP contribution is 2.47. The minimum absolute atomic E-state index is 0.0383. The van der Waals surface area contributed by atoms with Gasteiger partial charge in [0.15, 0.2) is 6.10 Å². The van der Waals surface area contributed by atoms with Gasteiger partial charge in [-0.3, -0.25) is 0 Å². The van der Waals surface area contributed by atoms with Gasteiger partial charge < -0.3 is 4.74 Å². The fraction of sp³-hybridized carbons (Fsp3) is 0.583. The van der Waals surface area contributed by atoms with Crippen molar-refractivity contribution in [3.8, 4) is 6.07 Å². The second kappa shape index (κ2) is 9.50. The maximum atomic E-state index is 13.9. The minimum atomic E-state index is -4.67. The molecule has 0 saturated heterocycles. The Balaban J connectivity index is 1.49. The molecule has 1 heterocycles. The first-order chi connectivity index (χ1) is 16.0. The largest absolute Gasteiger partial charge is 0.419 e. The van der Waals surface area contributed by atoms with E-state index in [4.69, 9.17) is 4.74 Å². The molecular formula is C24H24F6N2OS. The van der Waals surface area contributed by atoms with Crippen molar-refractivity contribution in [2.45, 2.75) is 82.3 Å². The van der Waals surface area contributed by atoms with Gasteiger partial charge in [0.25, 0.3) is 0 Å². The zero-order chi connectivity index (χ0) is 24.7. The molecule has 2 aromatic rings. The third-order valence-electron chi connectivity index (χ3n) is 6.59. The van der Waals surface area contributed by atoms with Crippen LogP contribution < -0.4 is 0 Å². The van der Waals surface area contributed by atoms with Crippen molar-refractivity contribution < 1.29 is 31.1 Å². The first-order valence-corrected chi connectivity index (χ1v) is 12.0. The normalized spacial score (nSPS) is 22.4. The molecule has 2 saturated carbocycles. The Kier molecular flexibility index (Phi) is 6.98. The summed E-state index contributed by atoms with van der Waals surface area (Å²) in [4.78, 5) is 4.24. The number of thiazole rings is 1. The zero-order valence-corrected chi connectivity index (χ0v) is 19.3. The van der Waals surface area contributed by atoms with Gasteiger partial charge in [0.2, 0.25) is 0 Å². The van der Waals surface area contributed by atoms with Crippen LogP contribution in [-0.2, 0) is 11.3 Å². The molecule has 0 radical (unpaired) electrons. The molecule has 0 bridgehead atoms. The SMILES string of the molecule is Cc1nc(C2CCC(C(F)(F)F)CC2)sc1C(OCc1ccc(C#N)c(C2CC2)c1)C(F)(F)F. The van der Waals surface area contributed by atoms with E-state index in [1.54, 1.807) is 18.2 Å². The van der Waals surface area contributed by atoms with Gasteiger partial charge in [-0.1, -0.05) is 12.1 Å². The van der Waals surface area contributed by atoms with Crippen LogP contribution in [0.15, 0.2) is 18.2 Å². The molecule has 1 atom stereocenters. The van der Waals surface area contributed by atoms with Gasteiger partial charge in [-0.2, -0.15) is 31.6 Å². The van der Waals surface area contributed by atoms with Gasteiger partial charge in [0, 0.05) is 5.92 Å². The van der Waals surface area contributed by atoms with Gasteiger partial charge in [-0.15, -0.1) is 11.3 Å². The van der Waals surface area contributed by atoms with E-state index in [-0.39, 0.29) is 54.7 Å². The fourth-order valence-corrected chi connectivity index (χ4v) is 5.86. The van der Waals surface area contributed by atoms with Gasteiger partial charge in [0.1, 0.15) is 0 Å². The summed E-state index contributed by atoms with van der Waals surface area (Å²) in [6.45, 7) is 1.20. The number of alkyl halides is 6. The summed E-state index contributed by atoms with van der Waals surface area (Å²) in [6, 6.07) is 7.08. The Morgan fingerprint density at radius 2 is 1.71 bits per heavy atom. The van der Waals surface area contributed by atoms with Crippen LogP contribution in [-0.4, -0.2) is 17.3 Å². The summed E-state index contributed by atoms with van der Waals surface area (Å²) in [6.07, 6.45) is -8.75. The maximum absolute atomic E-state index is 13.9. The van der Waals surface area contributed by atoms with E-state index in [2.05, 4.69) is 11.1 Å². The second-order valence-corrected chi connectivity index (χ2v) is 10.2. The molecule has 10 heteroatoms. The number of aromatic nitrogens is 1. The van der Waals surface area contributed by atoms with E-state index in [0.29, 0.717) is 16.1 Å². The molecule has 0 N–H and O–H groups in total. The number of nitrogens with zero attached hydrogens (tertiary/aromatic N) is 2. The van der Waals surface area contributed by atoms with Crippen LogP contribution >= 0.6 is 11.3 Å². The summed E-state index contributed by atoms with van der Waals surface area (Å²) in [5, 5.41) is 9.71. The molecule has 0 amide bonds. The lowest BCUT2D eigenvalue weighted by Crippen LogP contribution is -2.27. The molecule has 2 fully saturated rings. The van der Waals surface area contributed by atoms with Crippen molar-refractivity contribution in [2.75, 3.05) is 0 Å². The molecule has 34 heavy (non-hydrogen) atoms. The first-order valence-electron chi connectivity index (χ1n) is 11.2. The van der Waals surface area contributed by atoms with Gasteiger partial charge in [-0.25, -0.2) is 4.98 Å². The van der Waals surface area contributed by atoms with Crippen LogP contribution in [0, 0.1) is 24.2 Å². The Hall–Kier alpha value is -2.12. The predicted octanol–water partition coefficient (Wildman–Crippen LogP) is 7.86. The summed E-state index contributed by atoms with van der Waals surface area (Å²) in [7, 11) is 0. The van der Waals surface area contributed by atoms with Crippen molar-refractivity contribution in [1.82, 2.24) is 4.98 Å². The number of rotatable bonds is 6. The summed E-state index contributed by atoms with van der Waals surface area (Å²) >= 11 is 0.889. The third kappa shape index (κ3) is 5.57. The van der Waals surface area contributed by atoms with E-state index in [1.165, 1.54) is 6.92 Å². The number of hydrogen-bond donors (Lipinski definition) is 0. The van der Waals surface area contributed by atoms with E-state index in [9.17, 15) is 31.6 Å². The third-order valence-corrected chi connectivity index (χ3v) is 7.96. The highest BCUT2D eigenvalue weighted by Gasteiger charge is 2.45. The van der Waals surface area contributed by atoms with E-state index in [1.807, 2.05) is 0 Å². The van der Waals surface area contributed by atoms with Crippen molar-refractivity contribution in [3.05, 3.63) is 50.5 Å². The maximum Gasteiger partial charge on any atom is 0.419 e. The van der Waals surface area contributed by atoms with Crippen molar-refractivity contribution in [1.29, 1.82) is 5.26 Å². The number of halogens is 6. The number of ether oxygens (including phenoxy) is 1. The van der Waals surface area contributed by atoms with Crippen LogP contribution in [0.4, 0.5) is 26.3 Å². The molecule has 184 valence electrons. The van der Waals surface area contributed by atoms with E-state index in [0.717, 1.165) is 29.7 Å². The highest BCUT2D eigenvalue weighted by molar-refractivity contribution is 7.11. The highest BCUT2D eigenvalue weighted by atomic mass is 32.1. The number of benzene rings is 1. The molecule has 4 rings (SSSR count). The Morgan fingerprint density at radius 3 is 2.26 bits per heavy atom. The van der Waals surface area contributed by atoms with Gasteiger partial charge >= 0.3 is 12.4 Å². The van der Waals surface area contributed by atoms with Crippen LogP contribution in [0.5, 0.6) is 0 Å². The molecule has 1 aromatic heterocycles. The Labute approximate surface area is 197 Å². The zero-order valence-electron chi connectivity index (χ0n) is 18.5. The number of hydrogen-bond acceptors (Lipinski definition) is 4. The molecule has 3 nitrogen and oxygen atoms in total. The average molecular weight is 503 g/mol. The standard InChI is InChI=1S/C24H24F6N2OS/c1-13-20(34-22(32-13)16-6-8-18(9-7-16)23(25,26)27)21(24(28,29)30)33-12-14-2-3-17(11-31)19(10-14)15-4-5-15/h2-3,10,15-16,18,21H,4-9,12H2,1H3. The Bertz CT molecular complexity index is 1060. The quantitative estimate of drug-likeness (QED) is 0.378. The lowest BCUT2D eigenvalue weighted by molar-refractivity contribution is -0.226. The van der Waals surface area contributed by atoms with Crippen LogP contribution in [0.1, 0.15) is 88.7 Å². The first kappa shape index (κ1) is 25.0. The van der Waals surface area contributed by atoms with Crippen molar-refractivity contribution >= 4 is 11.3 Å². The summed E-state index contributed by atoms with van der Waals surface area (Å²) < 4.78 is 86.0. The van der Waals surface area contributed by atoms with Crippen LogP contribution in [0.25, 0.3) is 0 Å². The fourth-order valence-electron chi connectivity index (χ4n) is 4.55. The smallest absolute Gasteiger partial charge is 0.358 e. The molecule has 0 spiro atoms. The monoisotopic (exact) mass is 502 g/mol. The van der Waals surface area contributed by atoms with Crippen LogP contribution in [0.3, 0.4) is 0 Å². The molecule has 1 aromatic carbocycles. The molecule has 0 aliphatic heterocycles. The van der Waals surface area contributed by atoms with Gasteiger partial charge in [-0.05, 0) is 68.6 Å². The summed E-state index contributed by atoms with van der Waals surface area (Å²) in [5.41, 5.74) is 2.13. The average Bonchev–Trinajstić information content (AvgIpc) is 3.55. The second-order valence-electron chi connectivity index (χ2n) is 9.13. The predicted molar refractivity (Wildman–Crippen MR) is 114 cm³/mol. The van der Waals surface area contributed by atoms with E-state index >= 15 is 0 Å².